The smallest absolute Gasteiger partial charge is 0.180 e. The number of carbonyl (C=O) groups excluding carboxylic acids is 1. The standard InChI is InChI=1S/C13H13N3O/c17-13-7-14-6-12-11(13)9-16(15-12)8-10-4-2-1-3-5-10/h1-5,9,14H,6-8H2. The quantitative estimate of drug-likeness (QED) is 0.839. The molecule has 1 aliphatic rings. The van der Waals surface area contributed by atoms with Crippen LogP contribution >= 0.6 is 0 Å². The van der Waals surface area contributed by atoms with Gasteiger partial charge in [-0.2, -0.15) is 5.10 Å². The second kappa shape index (κ2) is 4.14. The van der Waals surface area contributed by atoms with Crippen molar-refractivity contribution in [1.82, 2.24) is 15.1 Å². The Kier molecular flexibility index (Phi) is 2.49. The van der Waals surface area contributed by atoms with Gasteiger partial charge in [0.05, 0.1) is 24.3 Å². The monoisotopic (exact) mass is 227 g/mol. The number of benzene rings is 1. The fourth-order valence-corrected chi connectivity index (χ4v) is 2.07. The minimum Gasteiger partial charge on any atom is -0.304 e. The highest BCUT2D eigenvalue weighted by molar-refractivity contribution is 5.99. The first-order chi connectivity index (χ1) is 8.33. The van der Waals surface area contributed by atoms with E-state index in [1.54, 1.807) is 0 Å². The fourth-order valence-electron chi connectivity index (χ4n) is 2.07. The molecule has 0 fully saturated rings. The van der Waals surface area contributed by atoms with Gasteiger partial charge in [-0.3, -0.25) is 9.48 Å². The Morgan fingerprint density at radius 1 is 1.24 bits per heavy atom. The molecule has 17 heavy (non-hydrogen) atoms. The molecule has 0 aliphatic carbocycles. The number of aromatic nitrogens is 2. The van der Waals surface area contributed by atoms with Crippen LogP contribution in [-0.4, -0.2) is 22.1 Å². The summed E-state index contributed by atoms with van der Waals surface area (Å²) >= 11 is 0. The van der Waals surface area contributed by atoms with Crippen LogP contribution in [0.2, 0.25) is 0 Å². The molecule has 0 amide bonds. The first-order valence-electron chi connectivity index (χ1n) is 5.67. The Hall–Kier alpha value is -1.94. The summed E-state index contributed by atoms with van der Waals surface area (Å²) in [7, 11) is 0. The predicted molar refractivity (Wildman–Crippen MR) is 63.8 cm³/mol. The summed E-state index contributed by atoms with van der Waals surface area (Å²) in [6.07, 6.45) is 1.85. The Balaban J connectivity index is 1.88. The van der Waals surface area contributed by atoms with Gasteiger partial charge in [0.15, 0.2) is 5.78 Å². The predicted octanol–water partition coefficient (Wildman–Crippen LogP) is 1.22. The van der Waals surface area contributed by atoms with Gasteiger partial charge in [0, 0.05) is 12.7 Å². The Morgan fingerprint density at radius 3 is 2.82 bits per heavy atom. The molecule has 86 valence electrons. The normalized spacial score (nSPS) is 14.7. The molecule has 1 aliphatic heterocycles. The molecular formula is C13H13N3O. The highest BCUT2D eigenvalue weighted by Gasteiger charge is 2.20. The summed E-state index contributed by atoms with van der Waals surface area (Å²) in [4.78, 5) is 11.6. The molecule has 0 saturated carbocycles. The van der Waals surface area contributed by atoms with E-state index in [4.69, 9.17) is 0 Å². The molecule has 4 nitrogen and oxygen atoms in total. The summed E-state index contributed by atoms with van der Waals surface area (Å²) in [6, 6.07) is 10.1. The largest absolute Gasteiger partial charge is 0.304 e. The van der Waals surface area contributed by atoms with Crippen LogP contribution in [0.15, 0.2) is 36.5 Å². The van der Waals surface area contributed by atoms with Gasteiger partial charge in [-0.05, 0) is 5.56 Å². The van der Waals surface area contributed by atoms with E-state index >= 15 is 0 Å². The lowest BCUT2D eigenvalue weighted by molar-refractivity contribution is 0.0982. The molecule has 1 aromatic carbocycles. The topological polar surface area (TPSA) is 46.9 Å². The number of ketones is 1. The lowest BCUT2D eigenvalue weighted by atomic mass is 10.1. The number of carbonyl (C=O) groups is 1. The number of Topliss-reactive ketones (excluding diaryl/α,β-unsaturated/α-hetero) is 1. The second-order valence-corrected chi connectivity index (χ2v) is 4.20. The van der Waals surface area contributed by atoms with Crippen LogP contribution < -0.4 is 5.32 Å². The van der Waals surface area contributed by atoms with E-state index in [0.29, 0.717) is 19.6 Å². The maximum atomic E-state index is 11.6. The Bertz CT molecular complexity index is 545. The number of rotatable bonds is 2. The van der Waals surface area contributed by atoms with E-state index in [0.717, 1.165) is 11.3 Å². The van der Waals surface area contributed by atoms with E-state index in [2.05, 4.69) is 22.5 Å². The molecule has 2 aromatic rings. The highest BCUT2D eigenvalue weighted by Crippen LogP contribution is 2.12. The molecule has 2 heterocycles. The van der Waals surface area contributed by atoms with Gasteiger partial charge in [0.25, 0.3) is 0 Å². The van der Waals surface area contributed by atoms with Crippen LogP contribution in [0.4, 0.5) is 0 Å². The van der Waals surface area contributed by atoms with Crippen molar-refractivity contribution in [3.05, 3.63) is 53.3 Å². The van der Waals surface area contributed by atoms with E-state index < -0.39 is 0 Å². The van der Waals surface area contributed by atoms with Crippen molar-refractivity contribution in [2.75, 3.05) is 6.54 Å². The van der Waals surface area contributed by atoms with Crippen LogP contribution in [0, 0.1) is 0 Å². The summed E-state index contributed by atoms with van der Waals surface area (Å²) in [6.45, 7) is 1.81. The number of nitrogens with zero attached hydrogens (tertiary/aromatic N) is 2. The highest BCUT2D eigenvalue weighted by atomic mass is 16.1. The lowest BCUT2D eigenvalue weighted by Gasteiger charge is -2.08. The van der Waals surface area contributed by atoms with Gasteiger partial charge >= 0.3 is 0 Å². The van der Waals surface area contributed by atoms with Crippen molar-refractivity contribution >= 4 is 5.78 Å². The minimum atomic E-state index is 0.130. The number of fused-ring (bicyclic) bond motifs is 1. The lowest BCUT2D eigenvalue weighted by Crippen LogP contribution is -2.29. The first kappa shape index (κ1) is 10.2. The molecule has 0 bridgehead atoms. The third kappa shape index (κ3) is 1.99. The van der Waals surface area contributed by atoms with Gasteiger partial charge in [0.2, 0.25) is 0 Å². The van der Waals surface area contributed by atoms with Crippen molar-refractivity contribution in [1.29, 1.82) is 0 Å². The molecule has 0 spiro atoms. The fraction of sp³-hybridized carbons (Fsp3) is 0.231. The number of nitrogens with one attached hydrogen (secondary N) is 1. The Morgan fingerprint density at radius 2 is 2.06 bits per heavy atom. The molecule has 0 unspecified atom stereocenters. The molecule has 0 radical (unpaired) electrons. The minimum absolute atomic E-state index is 0.130. The van der Waals surface area contributed by atoms with Crippen molar-refractivity contribution < 1.29 is 4.79 Å². The van der Waals surface area contributed by atoms with E-state index in [1.807, 2.05) is 29.1 Å². The third-order valence-corrected chi connectivity index (χ3v) is 2.90. The molecule has 1 aromatic heterocycles. The second-order valence-electron chi connectivity index (χ2n) is 4.20. The molecule has 4 heteroatoms. The number of hydrogen-bond donors (Lipinski definition) is 1. The summed E-state index contributed by atoms with van der Waals surface area (Å²) in [5.41, 5.74) is 2.81. The van der Waals surface area contributed by atoms with Gasteiger partial charge in [-0.15, -0.1) is 0 Å². The number of hydrogen-bond acceptors (Lipinski definition) is 3. The Labute approximate surface area is 99.3 Å². The summed E-state index contributed by atoms with van der Waals surface area (Å²) in [5, 5.41) is 7.47. The average Bonchev–Trinajstić information content (AvgIpc) is 2.74. The summed E-state index contributed by atoms with van der Waals surface area (Å²) < 4.78 is 1.84. The van der Waals surface area contributed by atoms with Crippen LogP contribution in [0.3, 0.4) is 0 Å². The third-order valence-electron chi connectivity index (χ3n) is 2.90. The summed E-state index contributed by atoms with van der Waals surface area (Å²) in [5.74, 6) is 0.130. The van der Waals surface area contributed by atoms with E-state index in [9.17, 15) is 4.79 Å². The van der Waals surface area contributed by atoms with Crippen LogP contribution in [0.1, 0.15) is 21.6 Å². The van der Waals surface area contributed by atoms with Gasteiger partial charge < -0.3 is 5.32 Å². The van der Waals surface area contributed by atoms with Gasteiger partial charge in [-0.25, -0.2) is 0 Å². The van der Waals surface area contributed by atoms with Crippen LogP contribution in [0.5, 0.6) is 0 Å². The van der Waals surface area contributed by atoms with Crippen molar-refractivity contribution in [2.24, 2.45) is 0 Å². The van der Waals surface area contributed by atoms with Gasteiger partial charge in [-0.1, -0.05) is 30.3 Å². The van der Waals surface area contributed by atoms with Gasteiger partial charge in [0.1, 0.15) is 0 Å². The maximum Gasteiger partial charge on any atom is 0.180 e. The van der Waals surface area contributed by atoms with Crippen molar-refractivity contribution in [2.45, 2.75) is 13.1 Å². The zero-order chi connectivity index (χ0) is 11.7. The van der Waals surface area contributed by atoms with Crippen LogP contribution in [-0.2, 0) is 13.1 Å². The first-order valence-corrected chi connectivity index (χ1v) is 5.67. The van der Waals surface area contributed by atoms with Crippen molar-refractivity contribution in [3.63, 3.8) is 0 Å². The zero-order valence-electron chi connectivity index (χ0n) is 9.39. The molecule has 1 N–H and O–H groups in total. The SMILES string of the molecule is O=C1CNCc2nn(Cc3ccccc3)cc21. The average molecular weight is 227 g/mol. The maximum absolute atomic E-state index is 11.6. The van der Waals surface area contributed by atoms with E-state index in [1.165, 1.54) is 5.56 Å². The van der Waals surface area contributed by atoms with Crippen molar-refractivity contribution in [3.8, 4) is 0 Å². The molecule has 0 atom stereocenters. The molecule has 3 rings (SSSR count). The molecule has 0 saturated heterocycles. The molecular weight excluding hydrogens is 214 g/mol. The van der Waals surface area contributed by atoms with E-state index in [-0.39, 0.29) is 5.78 Å². The zero-order valence-corrected chi connectivity index (χ0v) is 9.39. The van der Waals surface area contributed by atoms with Crippen LogP contribution in [0.25, 0.3) is 0 Å².